The average molecular weight is 327 g/mol. The summed E-state index contributed by atoms with van der Waals surface area (Å²) in [7, 11) is 0. The second kappa shape index (κ2) is 7.11. The van der Waals surface area contributed by atoms with E-state index in [2.05, 4.69) is 10.3 Å². The van der Waals surface area contributed by atoms with Gasteiger partial charge < -0.3 is 5.32 Å². The van der Waals surface area contributed by atoms with Gasteiger partial charge in [-0.1, -0.05) is 11.6 Å². The normalized spacial score (nSPS) is 10.6. The first-order valence-electron chi connectivity index (χ1n) is 6.13. The van der Waals surface area contributed by atoms with E-state index >= 15 is 0 Å². The van der Waals surface area contributed by atoms with Crippen LogP contribution in [0.25, 0.3) is 0 Å². The van der Waals surface area contributed by atoms with Crippen molar-refractivity contribution in [2.75, 3.05) is 12.8 Å². The van der Waals surface area contributed by atoms with Gasteiger partial charge in [-0.2, -0.15) is 0 Å². The van der Waals surface area contributed by atoms with Crippen LogP contribution >= 0.6 is 34.7 Å². The van der Waals surface area contributed by atoms with E-state index in [1.807, 2.05) is 30.7 Å². The molecule has 106 valence electrons. The van der Waals surface area contributed by atoms with Crippen LogP contribution in [0.4, 0.5) is 0 Å². The SMILES string of the molecule is CSc1ccc(Cl)c(C(=O)NCCc2csc(C)n2)c1. The second-order valence-corrected chi connectivity index (χ2v) is 6.56. The number of hydrogen-bond donors (Lipinski definition) is 1. The van der Waals surface area contributed by atoms with Crippen LogP contribution in [0.5, 0.6) is 0 Å². The van der Waals surface area contributed by atoms with Gasteiger partial charge in [0.1, 0.15) is 0 Å². The number of thiazole rings is 1. The Kier molecular flexibility index (Phi) is 5.46. The number of aromatic nitrogens is 1. The van der Waals surface area contributed by atoms with Gasteiger partial charge in [0.05, 0.1) is 21.3 Å². The van der Waals surface area contributed by atoms with Crippen LogP contribution in [0.1, 0.15) is 21.1 Å². The van der Waals surface area contributed by atoms with Crippen molar-refractivity contribution in [2.24, 2.45) is 0 Å². The van der Waals surface area contributed by atoms with E-state index < -0.39 is 0 Å². The van der Waals surface area contributed by atoms with E-state index in [4.69, 9.17) is 11.6 Å². The molecule has 0 aliphatic rings. The van der Waals surface area contributed by atoms with Crippen molar-refractivity contribution in [3.05, 3.63) is 44.9 Å². The van der Waals surface area contributed by atoms with Gasteiger partial charge in [-0.15, -0.1) is 23.1 Å². The molecular weight excluding hydrogens is 312 g/mol. The number of halogens is 1. The highest BCUT2D eigenvalue weighted by molar-refractivity contribution is 7.98. The van der Waals surface area contributed by atoms with E-state index in [-0.39, 0.29) is 5.91 Å². The molecule has 1 heterocycles. The second-order valence-electron chi connectivity index (χ2n) is 4.21. The van der Waals surface area contributed by atoms with Gasteiger partial charge in [-0.05, 0) is 31.4 Å². The molecule has 2 rings (SSSR count). The maximum Gasteiger partial charge on any atom is 0.252 e. The molecule has 1 aromatic heterocycles. The summed E-state index contributed by atoms with van der Waals surface area (Å²) in [6, 6.07) is 5.48. The highest BCUT2D eigenvalue weighted by Crippen LogP contribution is 2.22. The number of aryl methyl sites for hydroxylation is 1. The summed E-state index contributed by atoms with van der Waals surface area (Å²) in [4.78, 5) is 17.5. The number of thioether (sulfide) groups is 1. The van der Waals surface area contributed by atoms with E-state index in [0.717, 1.165) is 22.0 Å². The van der Waals surface area contributed by atoms with Crippen LogP contribution in [-0.2, 0) is 6.42 Å². The molecule has 2 aromatic rings. The van der Waals surface area contributed by atoms with Crippen molar-refractivity contribution in [3.8, 4) is 0 Å². The third-order valence-corrected chi connectivity index (χ3v) is 4.63. The van der Waals surface area contributed by atoms with E-state index in [0.29, 0.717) is 17.1 Å². The molecule has 0 bridgehead atoms. The van der Waals surface area contributed by atoms with Gasteiger partial charge in [-0.3, -0.25) is 4.79 Å². The first-order valence-corrected chi connectivity index (χ1v) is 8.61. The predicted octanol–water partition coefficient (Wildman–Crippen LogP) is 3.80. The van der Waals surface area contributed by atoms with Gasteiger partial charge >= 0.3 is 0 Å². The maximum atomic E-state index is 12.1. The van der Waals surface area contributed by atoms with E-state index in [1.165, 1.54) is 0 Å². The Labute approximate surface area is 131 Å². The fourth-order valence-electron chi connectivity index (χ4n) is 1.73. The number of nitrogens with one attached hydrogen (secondary N) is 1. The molecule has 0 fully saturated rings. The minimum absolute atomic E-state index is 0.141. The van der Waals surface area contributed by atoms with Crippen LogP contribution in [0.2, 0.25) is 5.02 Å². The van der Waals surface area contributed by atoms with Crippen molar-refractivity contribution in [1.82, 2.24) is 10.3 Å². The minimum Gasteiger partial charge on any atom is -0.352 e. The first kappa shape index (κ1) is 15.4. The highest BCUT2D eigenvalue weighted by Gasteiger charge is 2.11. The molecule has 0 aliphatic heterocycles. The third kappa shape index (κ3) is 3.98. The van der Waals surface area contributed by atoms with Crippen LogP contribution in [0.3, 0.4) is 0 Å². The Bertz CT molecular complexity index is 613. The molecule has 3 nitrogen and oxygen atoms in total. The summed E-state index contributed by atoms with van der Waals surface area (Å²) in [5.74, 6) is -0.141. The molecule has 0 atom stereocenters. The van der Waals surface area contributed by atoms with Crippen LogP contribution in [0.15, 0.2) is 28.5 Å². The monoisotopic (exact) mass is 326 g/mol. The molecule has 1 aromatic carbocycles. The first-order chi connectivity index (χ1) is 9.60. The zero-order chi connectivity index (χ0) is 14.5. The maximum absolute atomic E-state index is 12.1. The number of amides is 1. The minimum atomic E-state index is -0.141. The number of hydrogen-bond acceptors (Lipinski definition) is 4. The van der Waals surface area contributed by atoms with Crippen LogP contribution in [0, 0.1) is 6.92 Å². The number of benzene rings is 1. The van der Waals surface area contributed by atoms with Crippen LogP contribution < -0.4 is 5.32 Å². The quantitative estimate of drug-likeness (QED) is 0.850. The zero-order valence-electron chi connectivity index (χ0n) is 11.3. The van der Waals surface area contributed by atoms with Gasteiger partial charge in [0.2, 0.25) is 0 Å². The molecule has 1 N–H and O–H groups in total. The Balaban J connectivity index is 1.94. The molecule has 0 saturated carbocycles. The highest BCUT2D eigenvalue weighted by atomic mass is 35.5. The fraction of sp³-hybridized carbons (Fsp3) is 0.286. The average Bonchev–Trinajstić information content (AvgIpc) is 2.85. The van der Waals surface area contributed by atoms with Gasteiger partial charge in [0.15, 0.2) is 0 Å². The third-order valence-electron chi connectivity index (χ3n) is 2.75. The van der Waals surface area contributed by atoms with Gasteiger partial charge in [-0.25, -0.2) is 4.98 Å². The number of carbonyl (C=O) groups excluding carboxylic acids is 1. The molecule has 1 amide bonds. The zero-order valence-corrected chi connectivity index (χ0v) is 13.7. The van der Waals surface area contributed by atoms with E-state index in [9.17, 15) is 4.79 Å². The Morgan fingerprint density at radius 3 is 2.95 bits per heavy atom. The van der Waals surface area contributed by atoms with Crippen molar-refractivity contribution in [1.29, 1.82) is 0 Å². The molecule has 0 saturated heterocycles. The summed E-state index contributed by atoms with van der Waals surface area (Å²) < 4.78 is 0. The largest absolute Gasteiger partial charge is 0.352 e. The lowest BCUT2D eigenvalue weighted by molar-refractivity contribution is 0.0954. The van der Waals surface area contributed by atoms with Crippen molar-refractivity contribution in [3.63, 3.8) is 0 Å². The number of carbonyl (C=O) groups is 1. The molecule has 6 heteroatoms. The van der Waals surface area contributed by atoms with Gasteiger partial charge in [0, 0.05) is 23.2 Å². The fourth-order valence-corrected chi connectivity index (χ4v) is 3.02. The Hall–Kier alpha value is -1.04. The molecule has 0 radical (unpaired) electrons. The Morgan fingerprint density at radius 2 is 2.30 bits per heavy atom. The standard InChI is InChI=1S/C14H15ClN2OS2/c1-9-17-10(8-20-9)5-6-16-14(18)12-7-11(19-2)3-4-13(12)15/h3-4,7-8H,5-6H2,1-2H3,(H,16,18). The van der Waals surface area contributed by atoms with Crippen LogP contribution in [-0.4, -0.2) is 23.7 Å². The van der Waals surface area contributed by atoms with Crippen molar-refractivity contribution < 1.29 is 4.79 Å². The summed E-state index contributed by atoms with van der Waals surface area (Å²) in [6.45, 7) is 2.53. The summed E-state index contributed by atoms with van der Waals surface area (Å²) >= 11 is 9.27. The number of rotatable bonds is 5. The molecule has 0 unspecified atom stereocenters. The number of nitrogens with zero attached hydrogens (tertiary/aromatic N) is 1. The smallest absolute Gasteiger partial charge is 0.252 e. The van der Waals surface area contributed by atoms with Crippen molar-refractivity contribution >= 4 is 40.6 Å². The lowest BCUT2D eigenvalue weighted by Crippen LogP contribution is -2.26. The summed E-state index contributed by atoms with van der Waals surface area (Å²) in [5, 5.41) is 6.42. The van der Waals surface area contributed by atoms with Gasteiger partial charge in [0.25, 0.3) is 5.91 Å². The molecule has 0 spiro atoms. The summed E-state index contributed by atoms with van der Waals surface area (Å²) in [5.41, 5.74) is 1.53. The molecular formula is C14H15ClN2OS2. The van der Waals surface area contributed by atoms with E-state index in [1.54, 1.807) is 29.2 Å². The molecule has 0 aliphatic carbocycles. The summed E-state index contributed by atoms with van der Waals surface area (Å²) in [6.07, 6.45) is 2.70. The topological polar surface area (TPSA) is 42.0 Å². The lowest BCUT2D eigenvalue weighted by atomic mass is 10.2. The lowest BCUT2D eigenvalue weighted by Gasteiger charge is -2.07. The Morgan fingerprint density at radius 1 is 1.50 bits per heavy atom. The van der Waals surface area contributed by atoms with Crippen molar-refractivity contribution in [2.45, 2.75) is 18.2 Å². The predicted molar refractivity (Wildman–Crippen MR) is 86.1 cm³/mol. The molecule has 20 heavy (non-hydrogen) atoms.